The fourth-order valence-corrected chi connectivity index (χ4v) is 5.88. The molecule has 9 nitrogen and oxygen atoms in total. The molecular formula is C20H28N4O5S2. The van der Waals surface area contributed by atoms with Crippen molar-refractivity contribution in [2.75, 3.05) is 19.6 Å². The number of rotatable bonds is 7. The molecule has 0 saturated carbocycles. The number of carbonyl (C=O) groups is 1. The average molecular weight is 469 g/mol. The number of hydrogen-bond acceptors (Lipinski definition) is 5. The van der Waals surface area contributed by atoms with Crippen molar-refractivity contribution in [1.82, 2.24) is 14.2 Å². The first-order valence-electron chi connectivity index (χ1n) is 10.00. The molecule has 1 aromatic carbocycles. The predicted octanol–water partition coefficient (Wildman–Crippen LogP) is 1.05. The van der Waals surface area contributed by atoms with Crippen LogP contribution in [0, 0.1) is 13.8 Å². The van der Waals surface area contributed by atoms with E-state index in [9.17, 15) is 21.6 Å². The number of primary sulfonamides is 1. The van der Waals surface area contributed by atoms with Crippen LogP contribution in [0.15, 0.2) is 34.1 Å². The number of nitrogens with one attached hydrogen (secondary N) is 1. The molecular weight excluding hydrogens is 440 g/mol. The molecule has 1 aliphatic rings. The van der Waals surface area contributed by atoms with E-state index >= 15 is 0 Å². The molecule has 1 fully saturated rings. The number of amides is 1. The van der Waals surface area contributed by atoms with Gasteiger partial charge in [-0.3, -0.25) is 4.79 Å². The van der Waals surface area contributed by atoms with E-state index in [0.29, 0.717) is 30.9 Å². The summed E-state index contributed by atoms with van der Waals surface area (Å²) >= 11 is 0. The third-order valence-corrected chi connectivity index (χ3v) is 8.31. The minimum Gasteiger partial charge on any atom is -0.350 e. The summed E-state index contributed by atoms with van der Waals surface area (Å²) in [5.74, 6) is -0.252. The Bertz CT molecular complexity index is 1190. The van der Waals surface area contributed by atoms with Crippen LogP contribution < -0.4 is 9.86 Å². The topological polar surface area (TPSA) is 132 Å². The number of nitrogens with zero attached hydrogens (tertiary/aromatic N) is 2. The normalized spacial score (nSPS) is 14.9. The second-order valence-electron chi connectivity index (χ2n) is 7.77. The lowest BCUT2D eigenvalue weighted by Crippen LogP contribution is -2.32. The highest BCUT2D eigenvalue weighted by molar-refractivity contribution is 7.89. The van der Waals surface area contributed by atoms with Crippen molar-refractivity contribution in [3.63, 3.8) is 0 Å². The van der Waals surface area contributed by atoms with Crippen LogP contribution in [0.4, 0.5) is 0 Å². The van der Waals surface area contributed by atoms with E-state index in [1.165, 1.54) is 12.1 Å². The van der Waals surface area contributed by atoms with E-state index in [0.717, 1.165) is 18.4 Å². The molecule has 3 rings (SSSR count). The van der Waals surface area contributed by atoms with Gasteiger partial charge in [0.15, 0.2) is 0 Å². The fraction of sp³-hybridized carbons (Fsp3) is 0.450. The molecule has 0 aliphatic carbocycles. The standard InChI is InChI=1S/C20H28N4O5S2/c1-14-18(20(25)24-12-4-5-13-24)19(15(2)23(14)3)31(28,29)22-11-10-16-6-8-17(9-7-16)30(21,26)27/h6-9,22H,4-5,10-13H2,1-3H3,(H2,21,26,27). The van der Waals surface area contributed by atoms with Crippen molar-refractivity contribution in [3.05, 3.63) is 46.8 Å². The molecule has 1 aliphatic heterocycles. The maximum absolute atomic E-state index is 13.1. The molecule has 0 bridgehead atoms. The maximum atomic E-state index is 13.1. The van der Waals surface area contributed by atoms with E-state index in [-0.39, 0.29) is 27.8 Å². The third kappa shape index (κ3) is 4.84. The Morgan fingerprint density at radius 3 is 2.16 bits per heavy atom. The van der Waals surface area contributed by atoms with Gasteiger partial charge in [0, 0.05) is 38.1 Å². The molecule has 31 heavy (non-hydrogen) atoms. The number of nitrogens with two attached hydrogens (primary N) is 1. The Labute approximate surface area is 183 Å². The zero-order valence-corrected chi connectivity index (χ0v) is 19.5. The highest BCUT2D eigenvalue weighted by Gasteiger charge is 2.33. The van der Waals surface area contributed by atoms with Crippen LogP contribution in [0.25, 0.3) is 0 Å². The summed E-state index contributed by atoms with van der Waals surface area (Å²) in [6.07, 6.45) is 2.19. The minimum atomic E-state index is -3.93. The van der Waals surface area contributed by atoms with Crippen molar-refractivity contribution >= 4 is 26.0 Å². The SMILES string of the molecule is Cc1c(C(=O)N2CCCC2)c(S(=O)(=O)NCCc2ccc(S(N)(=O)=O)cc2)c(C)n1C. The predicted molar refractivity (Wildman–Crippen MR) is 117 cm³/mol. The van der Waals surface area contributed by atoms with Crippen LogP contribution in [-0.2, 0) is 33.5 Å². The Morgan fingerprint density at radius 2 is 1.61 bits per heavy atom. The molecule has 2 aromatic rings. The highest BCUT2D eigenvalue weighted by atomic mass is 32.2. The summed E-state index contributed by atoms with van der Waals surface area (Å²) in [5, 5.41) is 5.09. The van der Waals surface area contributed by atoms with Gasteiger partial charge in [-0.25, -0.2) is 26.7 Å². The molecule has 11 heteroatoms. The number of aromatic nitrogens is 1. The Balaban J connectivity index is 1.80. The van der Waals surface area contributed by atoms with Gasteiger partial charge in [0.05, 0.1) is 10.5 Å². The van der Waals surface area contributed by atoms with Crippen molar-refractivity contribution < 1.29 is 21.6 Å². The van der Waals surface area contributed by atoms with Gasteiger partial charge in [-0.05, 0) is 50.8 Å². The van der Waals surface area contributed by atoms with Gasteiger partial charge in [-0.2, -0.15) is 0 Å². The van der Waals surface area contributed by atoms with Gasteiger partial charge in [-0.15, -0.1) is 0 Å². The van der Waals surface area contributed by atoms with Crippen LogP contribution in [-0.4, -0.2) is 51.8 Å². The van der Waals surface area contributed by atoms with Crippen molar-refractivity contribution in [3.8, 4) is 0 Å². The molecule has 0 atom stereocenters. The van der Waals surface area contributed by atoms with Crippen LogP contribution in [0.2, 0.25) is 0 Å². The highest BCUT2D eigenvalue weighted by Crippen LogP contribution is 2.28. The van der Waals surface area contributed by atoms with E-state index in [4.69, 9.17) is 5.14 Å². The lowest BCUT2D eigenvalue weighted by atomic mass is 10.2. The molecule has 1 amide bonds. The number of carbonyl (C=O) groups excluding carboxylic acids is 1. The Kier molecular flexibility index (Phi) is 6.61. The van der Waals surface area contributed by atoms with Gasteiger partial charge in [0.2, 0.25) is 20.0 Å². The summed E-state index contributed by atoms with van der Waals surface area (Å²) in [5.41, 5.74) is 2.11. The molecule has 0 unspecified atom stereocenters. The molecule has 0 radical (unpaired) electrons. The molecule has 170 valence electrons. The monoisotopic (exact) mass is 468 g/mol. The molecule has 0 spiro atoms. The van der Waals surface area contributed by atoms with Crippen molar-refractivity contribution in [2.24, 2.45) is 12.2 Å². The Morgan fingerprint density at radius 1 is 1.03 bits per heavy atom. The second kappa shape index (κ2) is 8.73. The van der Waals surface area contributed by atoms with Gasteiger partial charge < -0.3 is 9.47 Å². The fourth-order valence-electron chi connectivity index (χ4n) is 3.82. The van der Waals surface area contributed by atoms with Crippen molar-refractivity contribution in [2.45, 2.75) is 42.9 Å². The number of likely N-dealkylation sites (tertiary alicyclic amines) is 1. The van der Waals surface area contributed by atoms with Crippen molar-refractivity contribution in [1.29, 1.82) is 0 Å². The van der Waals surface area contributed by atoms with Gasteiger partial charge >= 0.3 is 0 Å². The van der Waals surface area contributed by atoms with Gasteiger partial charge in [-0.1, -0.05) is 12.1 Å². The number of benzene rings is 1. The van der Waals surface area contributed by atoms with Crippen LogP contribution in [0.5, 0.6) is 0 Å². The van der Waals surface area contributed by atoms with E-state index in [1.807, 2.05) is 0 Å². The van der Waals surface area contributed by atoms with Crippen LogP contribution in [0.3, 0.4) is 0 Å². The Hall–Kier alpha value is -2.21. The second-order valence-corrected chi connectivity index (χ2v) is 11.0. The van der Waals surface area contributed by atoms with E-state index < -0.39 is 20.0 Å². The summed E-state index contributed by atoms with van der Waals surface area (Å²) in [4.78, 5) is 14.8. The smallest absolute Gasteiger partial charge is 0.257 e. The average Bonchev–Trinajstić information content (AvgIpc) is 3.31. The molecule has 3 N–H and O–H groups in total. The third-order valence-electron chi connectivity index (χ3n) is 5.76. The number of sulfonamides is 2. The van der Waals surface area contributed by atoms with E-state index in [1.54, 1.807) is 42.5 Å². The number of hydrogen-bond donors (Lipinski definition) is 2. The molecule has 1 saturated heterocycles. The lowest BCUT2D eigenvalue weighted by Gasteiger charge is -2.17. The molecule has 1 aromatic heterocycles. The summed E-state index contributed by atoms with van der Waals surface area (Å²) in [7, 11) is -5.96. The van der Waals surface area contributed by atoms with Gasteiger partial charge in [0.1, 0.15) is 4.90 Å². The largest absolute Gasteiger partial charge is 0.350 e. The molecule has 2 heterocycles. The summed E-state index contributed by atoms with van der Waals surface area (Å²) < 4.78 is 53.3. The lowest BCUT2D eigenvalue weighted by molar-refractivity contribution is 0.0788. The first-order chi connectivity index (χ1) is 14.4. The zero-order valence-electron chi connectivity index (χ0n) is 17.9. The van der Waals surface area contributed by atoms with Crippen LogP contribution >= 0.6 is 0 Å². The van der Waals surface area contributed by atoms with Crippen LogP contribution in [0.1, 0.15) is 40.2 Å². The summed E-state index contributed by atoms with van der Waals surface area (Å²) in [6.45, 7) is 4.81. The summed E-state index contributed by atoms with van der Waals surface area (Å²) in [6, 6.07) is 5.95. The quantitative estimate of drug-likeness (QED) is 0.627. The minimum absolute atomic E-state index is 0.00252. The van der Waals surface area contributed by atoms with Gasteiger partial charge in [0.25, 0.3) is 5.91 Å². The van der Waals surface area contributed by atoms with E-state index in [2.05, 4.69) is 4.72 Å². The maximum Gasteiger partial charge on any atom is 0.257 e. The first kappa shape index (κ1) is 23.5. The first-order valence-corrected chi connectivity index (χ1v) is 13.0. The zero-order chi connectivity index (χ0) is 23.0.